The molecule has 50 valence electrons. The van der Waals surface area contributed by atoms with Gasteiger partial charge in [-0.05, 0) is 18.8 Å². The smallest absolute Gasteiger partial charge is 0.0958 e. The minimum Gasteiger partial charge on any atom is -0.412 e. The predicted molar refractivity (Wildman–Crippen MR) is 32.7 cm³/mol. The van der Waals surface area contributed by atoms with Crippen molar-refractivity contribution < 1.29 is 5.48 Å². The summed E-state index contributed by atoms with van der Waals surface area (Å²) in [5.74, 6) is 0.861. The number of piperidine rings is 1. The predicted octanol–water partition coefficient (Wildman–Crippen LogP) is -0.564. The maximum absolute atomic E-state index is 8.39. The van der Waals surface area contributed by atoms with Crippen LogP contribution in [0.15, 0.2) is 0 Å². The molecule has 3 heteroatoms. The third kappa shape index (κ3) is 0.913. The van der Waals surface area contributed by atoms with Gasteiger partial charge in [-0.1, -0.05) is 0 Å². The van der Waals surface area contributed by atoms with Crippen LogP contribution in [-0.4, -0.2) is 17.6 Å². The van der Waals surface area contributed by atoms with Gasteiger partial charge in [-0.3, -0.25) is 5.32 Å². The van der Waals surface area contributed by atoms with E-state index >= 15 is 0 Å². The molecule has 3 nitrogen and oxygen atoms in total. The van der Waals surface area contributed by atoms with Crippen molar-refractivity contribution in [2.24, 2.45) is 5.92 Å². The van der Waals surface area contributed by atoms with E-state index in [-0.39, 0.29) is 11.5 Å². The highest BCUT2D eigenvalue weighted by Gasteiger charge is 2.45. The Bertz CT molecular complexity index is 142. The molecule has 2 aliphatic rings. The summed E-state index contributed by atoms with van der Waals surface area (Å²) in [6, 6.07) is 3.11. The van der Waals surface area contributed by atoms with Crippen LogP contribution >= 0.6 is 0 Å². The lowest BCUT2D eigenvalue weighted by molar-refractivity contribution is 0.643. The van der Waals surface area contributed by atoms with Crippen LogP contribution in [0, 0.1) is 17.2 Å². The Hall–Kier alpha value is -0.590. The minimum atomic E-state index is 0. The lowest BCUT2D eigenvalue weighted by Gasteiger charge is -1.98. The minimum absolute atomic E-state index is 0. The van der Waals surface area contributed by atoms with Gasteiger partial charge in [0.15, 0.2) is 0 Å². The van der Waals surface area contributed by atoms with E-state index in [0.717, 1.165) is 18.4 Å². The Balaban J connectivity index is 0.000000405. The Morgan fingerprint density at radius 1 is 1.44 bits per heavy atom. The molecule has 2 fully saturated rings. The maximum atomic E-state index is 8.39. The molecule has 0 amide bonds. The van der Waals surface area contributed by atoms with Crippen molar-refractivity contribution >= 4 is 0 Å². The molecule has 3 unspecified atom stereocenters. The molecule has 0 aromatic rings. The van der Waals surface area contributed by atoms with Crippen LogP contribution < -0.4 is 5.32 Å². The summed E-state index contributed by atoms with van der Waals surface area (Å²) in [7, 11) is 0. The highest BCUT2D eigenvalue weighted by atomic mass is 16.0. The normalized spacial score (nSPS) is 44.6. The van der Waals surface area contributed by atoms with Crippen molar-refractivity contribution in [3.05, 3.63) is 0 Å². The third-order valence-electron chi connectivity index (χ3n) is 2.03. The molecule has 0 spiro atoms. The van der Waals surface area contributed by atoms with Crippen LogP contribution in [0.1, 0.15) is 12.8 Å². The first-order valence-electron chi connectivity index (χ1n) is 3.06. The number of hydrogen-bond donors (Lipinski definition) is 1. The monoisotopic (exact) mass is 126 g/mol. The summed E-state index contributed by atoms with van der Waals surface area (Å²) >= 11 is 0. The molecule has 9 heavy (non-hydrogen) atoms. The molecule has 0 bridgehead atoms. The number of hydrogen-bond acceptors (Lipinski definition) is 2. The summed E-state index contributed by atoms with van der Waals surface area (Å²) in [4.78, 5) is 0. The van der Waals surface area contributed by atoms with Crippen LogP contribution in [0.3, 0.4) is 0 Å². The lowest BCUT2D eigenvalue weighted by atomic mass is 10.2. The quantitative estimate of drug-likeness (QED) is 0.472. The summed E-state index contributed by atoms with van der Waals surface area (Å²) in [5, 5.41) is 11.6. The molecule has 3 atom stereocenters. The van der Waals surface area contributed by atoms with Crippen LogP contribution in [0.4, 0.5) is 0 Å². The first-order valence-corrected chi connectivity index (χ1v) is 3.06. The van der Waals surface area contributed by atoms with E-state index in [0.29, 0.717) is 0 Å². The summed E-state index contributed by atoms with van der Waals surface area (Å²) < 4.78 is 0. The second kappa shape index (κ2) is 1.98. The standard InChI is InChI=1S/C6H8N2.H2O/c7-3-5-1-4-2-6(4)8-5;/h4-6,8H,1-2H2;1H2. The molecule has 2 rings (SSSR count). The van der Waals surface area contributed by atoms with Gasteiger partial charge in [0.1, 0.15) is 0 Å². The van der Waals surface area contributed by atoms with Gasteiger partial charge in [0.25, 0.3) is 0 Å². The van der Waals surface area contributed by atoms with E-state index in [1.54, 1.807) is 0 Å². The highest BCUT2D eigenvalue weighted by Crippen LogP contribution is 2.40. The van der Waals surface area contributed by atoms with Crippen LogP contribution in [0.5, 0.6) is 0 Å². The maximum Gasteiger partial charge on any atom is 0.0958 e. The van der Waals surface area contributed by atoms with Crippen molar-refractivity contribution in [3.8, 4) is 6.07 Å². The number of nitrogens with one attached hydrogen (secondary N) is 1. The molecule has 1 aliphatic heterocycles. The van der Waals surface area contributed by atoms with Gasteiger partial charge in [-0.25, -0.2) is 0 Å². The topological polar surface area (TPSA) is 67.3 Å². The van der Waals surface area contributed by atoms with E-state index in [1.165, 1.54) is 6.42 Å². The van der Waals surface area contributed by atoms with Gasteiger partial charge >= 0.3 is 0 Å². The van der Waals surface area contributed by atoms with E-state index in [4.69, 9.17) is 5.26 Å². The molecular formula is C6H10N2O. The Labute approximate surface area is 54.0 Å². The van der Waals surface area contributed by atoms with Crippen molar-refractivity contribution in [1.82, 2.24) is 5.32 Å². The van der Waals surface area contributed by atoms with Gasteiger partial charge in [0.05, 0.1) is 12.1 Å². The van der Waals surface area contributed by atoms with Crippen LogP contribution in [0.25, 0.3) is 0 Å². The molecule has 1 heterocycles. The molecule has 1 saturated carbocycles. The molecule has 1 aliphatic carbocycles. The third-order valence-corrected chi connectivity index (χ3v) is 2.03. The first kappa shape index (κ1) is 6.53. The average Bonchev–Trinajstić information content (AvgIpc) is 2.40. The Morgan fingerprint density at radius 3 is 2.56 bits per heavy atom. The zero-order chi connectivity index (χ0) is 5.56. The zero-order valence-electron chi connectivity index (χ0n) is 5.09. The van der Waals surface area contributed by atoms with Gasteiger partial charge in [-0.15, -0.1) is 0 Å². The van der Waals surface area contributed by atoms with Crippen molar-refractivity contribution in [2.75, 3.05) is 0 Å². The van der Waals surface area contributed by atoms with Gasteiger partial charge < -0.3 is 5.48 Å². The molecule has 0 aromatic heterocycles. The zero-order valence-corrected chi connectivity index (χ0v) is 5.09. The highest BCUT2D eigenvalue weighted by molar-refractivity contribution is 5.09. The second-order valence-electron chi connectivity index (χ2n) is 2.69. The van der Waals surface area contributed by atoms with Crippen LogP contribution in [0.2, 0.25) is 0 Å². The first-order chi connectivity index (χ1) is 3.90. The van der Waals surface area contributed by atoms with E-state index in [2.05, 4.69) is 11.4 Å². The van der Waals surface area contributed by atoms with E-state index in [1.807, 2.05) is 0 Å². The average molecular weight is 126 g/mol. The lowest BCUT2D eigenvalue weighted by Crippen LogP contribution is -2.23. The Kier molecular flexibility index (Phi) is 1.43. The number of nitrogens with zero attached hydrogens (tertiary/aromatic N) is 1. The fourth-order valence-electron chi connectivity index (χ4n) is 1.43. The van der Waals surface area contributed by atoms with Crippen molar-refractivity contribution in [2.45, 2.75) is 24.9 Å². The molecule has 1 saturated heterocycles. The van der Waals surface area contributed by atoms with E-state index in [9.17, 15) is 0 Å². The van der Waals surface area contributed by atoms with Crippen molar-refractivity contribution in [3.63, 3.8) is 0 Å². The van der Waals surface area contributed by atoms with Gasteiger partial charge in [-0.2, -0.15) is 5.26 Å². The van der Waals surface area contributed by atoms with Crippen LogP contribution in [-0.2, 0) is 0 Å². The SMILES string of the molecule is N#CC1CC2CC2N1.O. The molecule has 0 aromatic carbocycles. The Morgan fingerprint density at radius 2 is 2.22 bits per heavy atom. The van der Waals surface area contributed by atoms with Crippen molar-refractivity contribution in [1.29, 1.82) is 5.26 Å². The van der Waals surface area contributed by atoms with Gasteiger partial charge in [0, 0.05) is 6.04 Å². The largest absolute Gasteiger partial charge is 0.412 e. The fraction of sp³-hybridized carbons (Fsp3) is 0.833. The fourth-order valence-corrected chi connectivity index (χ4v) is 1.43. The molecular weight excluding hydrogens is 116 g/mol. The van der Waals surface area contributed by atoms with Gasteiger partial charge in [0.2, 0.25) is 0 Å². The number of rotatable bonds is 0. The molecule has 0 radical (unpaired) electrons. The summed E-state index contributed by atoms with van der Waals surface area (Å²) in [5.41, 5.74) is 0. The molecule has 3 N–H and O–H groups in total. The summed E-state index contributed by atoms with van der Waals surface area (Å²) in [6.45, 7) is 0. The number of fused-ring (bicyclic) bond motifs is 1. The number of nitriles is 1. The van der Waals surface area contributed by atoms with E-state index < -0.39 is 0 Å². The summed E-state index contributed by atoms with van der Waals surface area (Å²) in [6.07, 6.45) is 2.42. The second-order valence-corrected chi connectivity index (χ2v) is 2.69.